The maximum Gasteiger partial charge on any atom is 0.114 e. The summed E-state index contributed by atoms with van der Waals surface area (Å²) in [7, 11) is 0. The van der Waals surface area contributed by atoms with Gasteiger partial charge in [-0.1, -0.05) is 13.3 Å². The Morgan fingerprint density at radius 2 is 2.38 bits per heavy atom. The summed E-state index contributed by atoms with van der Waals surface area (Å²) in [5.74, 6) is 0. The van der Waals surface area contributed by atoms with Gasteiger partial charge in [0, 0.05) is 0 Å². The average molecular weight is 116 g/mol. The van der Waals surface area contributed by atoms with Gasteiger partial charge in [-0.2, -0.15) is 0 Å². The Morgan fingerprint density at radius 1 is 1.75 bits per heavy atom. The molecule has 0 spiro atoms. The first-order valence-electron chi connectivity index (χ1n) is 3.08. The lowest BCUT2D eigenvalue weighted by atomic mass is 10.1. The fourth-order valence-corrected chi connectivity index (χ4v) is 0.872. The molecule has 48 valence electrons. The summed E-state index contributed by atoms with van der Waals surface area (Å²) in [6.45, 7) is 3.05. The molecule has 1 atom stereocenters. The van der Waals surface area contributed by atoms with Crippen LogP contribution < -0.4 is 0 Å². The largest absolute Gasteiger partial charge is 0.393 e. The molecule has 0 unspecified atom stereocenters. The van der Waals surface area contributed by atoms with Crippen molar-refractivity contribution in [3.05, 3.63) is 0 Å². The molecular formula is C6H12O2. The molecular weight excluding hydrogens is 104 g/mol. The van der Waals surface area contributed by atoms with Crippen molar-refractivity contribution in [2.24, 2.45) is 0 Å². The third-order valence-electron chi connectivity index (χ3n) is 1.55. The summed E-state index contributed by atoms with van der Waals surface area (Å²) in [5, 5.41) is 8.66. The van der Waals surface area contributed by atoms with Crippen LogP contribution in [0, 0.1) is 0 Å². The van der Waals surface area contributed by atoms with Crippen LogP contribution in [0.1, 0.15) is 19.8 Å². The summed E-state index contributed by atoms with van der Waals surface area (Å²) in [4.78, 5) is 0. The molecule has 1 fully saturated rings. The van der Waals surface area contributed by atoms with Crippen LogP contribution in [0.5, 0.6) is 0 Å². The number of epoxide rings is 1. The SMILES string of the molecule is CCC[C@]1(CO)CO1. The lowest BCUT2D eigenvalue weighted by Crippen LogP contribution is -2.15. The van der Waals surface area contributed by atoms with Gasteiger partial charge in [0.1, 0.15) is 5.60 Å². The molecule has 0 aliphatic carbocycles. The highest BCUT2D eigenvalue weighted by Gasteiger charge is 2.42. The van der Waals surface area contributed by atoms with Gasteiger partial charge in [-0.3, -0.25) is 0 Å². The first kappa shape index (κ1) is 6.05. The van der Waals surface area contributed by atoms with Gasteiger partial charge in [-0.25, -0.2) is 0 Å². The van der Waals surface area contributed by atoms with Gasteiger partial charge in [0.25, 0.3) is 0 Å². The predicted octanol–water partition coefficient (Wildman–Crippen LogP) is 0.548. The van der Waals surface area contributed by atoms with Crippen LogP contribution in [0.2, 0.25) is 0 Å². The summed E-state index contributed by atoms with van der Waals surface area (Å²) in [6.07, 6.45) is 2.10. The van der Waals surface area contributed by atoms with Crippen LogP contribution in [0.3, 0.4) is 0 Å². The van der Waals surface area contributed by atoms with E-state index in [0.29, 0.717) is 0 Å². The Morgan fingerprint density at radius 3 is 2.50 bits per heavy atom. The van der Waals surface area contributed by atoms with Crippen molar-refractivity contribution in [3.63, 3.8) is 0 Å². The molecule has 2 heteroatoms. The molecule has 0 aromatic heterocycles. The number of aliphatic hydroxyl groups is 1. The van der Waals surface area contributed by atoms with Gasteiger partial charge in [-0.05, 0) is 6.42 Å². The van der Waals surface area contributed by atoms with Gasteiger partial charge >= 0.3 is 0 Å². The Bertz CT molecular complexity index is 76.6. The molecule has 1 aliphatic rings. The van der Waals surface area contributed by atoms with E-state index in [4.69, 9.17) is 9.84 Å². The molecule has 1 N–H and O–H groups in total. The fourth-order valence-electron chi connectivity index (χ4n) is 0.872. The smallest absolute Gasteiger partial charge is 0.114 e. The van der Waals surface area contributed by atoms with Crippen molar-refractivity contribution in [3.8, 4) is 0 Å². The van der Waals surface area contributed by atoms with Crippen LogP contribution in [0.4, 0.5) is 0 Å². The van der Waals surface area contributed by atoms with Crippen molar-refractivity contribution in [1.82, 2.24) is 0 Å². The fraction of sp³-hybridized carbons (Fsp3) is 1.00. The molecule has 1 heterocycles. The number of hydrogen-bond donors (Lipinski definition) is 1. The average Bonchev–Trinajstić information content (AvgIpc) is 2.50. The molecule has 0 radical (unpaired) electrons. The van der Waals surface area contributed by atoms with E-state index in [1.807, 2.05) is 0 Å². The highest BCUT2D eigenvalue weighted by atomic mass is 16.6. The van der Waals surface area contributed by atoms with Gasteiger partial charge in [0.05, 0.1) is 13.2 Å². The minimum atomic E-state index is -0.102. The van der Waals surface area contributed by atoms with Crippen LogP contribution in [0.15, 0.2) is 0 Å². The zero-order chi connectivity index (χ0) is 6.04. The Hall–Kier alpha value is -0.0800. The second-order valence-corrected chi connectivity index (χ2v) is 2.38. The molecule has 1 aliphatic heterocycles. The quantitative estimate of drug-likeness (QED) is 0.546. The van der Waals surface area contributed by atoms with E-state index in [2.05, 4.69) is 6.92 Å². The van der Waals surface area contributed by atoms with E-state index in [-0.39, 0.29) is 12.2 Å². The second-order valence-electron chi connectivity index (χ2n) is 2.38. The number of hydrogen-bond acceptors (Lipinski definition) is 2. The van der Waals surface area contributed by atoms with Gasteiger partial charge in [-0.15, -0.1) is 0 Å². The van der Waals surface area contributed by atoms with Crippen molar-refractivity contribution in [2.75, 3.05) is 13.2 Å². The minimum Gasteiger partial charge on any atom is -0.393 e. The Balaban J connectivity index is 2.20. The standard InChI is InChI=1S/C6H12O2/c1-2-3-6(4-7)5-8-6/h7H,2-5H2,1H3/t6-/m0/s1. The summed E-state index contributed by atoms with van der Waals surface area (Å²) in [6, 6.07) is 0. The monoisotopic (exact) mass is 116 g/mol. The van der Waals surface area contributed by atoms with E-state index in [1.54, 1.807) is 0 Å². The minimum absolute atomic E-state index is 0.102. The lowest BCUT2D eigenvalue weighted by molar-refractivity contribution is 0.163. The van der Waals surface area contributed by atoms with E-state index in [9.17, 15) is 0 Å². The third kappa shape index (κ3) is 1.01. The number of ether oxygens (including phenoxy) is 1. The molecule has 0 amide bonds. The van der Waals surface area contributed by atoms with Crippen LogP contribution >= 0.6 is 0 Å². The Kier molecular flexibility index (Phi) is 1.54. The van der Waals surface area contributed by atoms with E-state index in [0.717, 1.165) is 19.4 Å². The first-order valence-corrected chi connectivity index (χ1v) is 3.08. The molecule has 0 aromatic carbocycles. The van der Waals surface area contributed by atoms with Crippen molar-refractivity contribution >= 4 is 0 Å². The topological polar surface area (TPSA) is 32.8 Å². The molecule has 2 nitrogen and oxygen atoms in total. The summed E-state index contributed by atoms with van der Waals surface area (Å²) >= 11 is 0. The zero-order valence-corrected chi connectivity index (χ0v) is 5.18. The van der Waals surface area contributed by atoms with Crippen molar-refractivity contribution < 1.29 is 9.84 Å². The normalized spacial score (nSPS) is 35.2. The molecule has 1 rings (SSSR count). The molecule has 1 saturated heterocycles. The lowest BCUT2D eigenvalue weighted by Gasteiger charge is -2.02. The maximum absolute atomic E-state index is 8.66. The maximum atomic E-state index is 8.66. The van der Waals surface area contributed by atoms with Crippen LogP contribution in [-0.2, 0) is 4.74 Å². The van der Waals surface area contributed by atoms with Crippen LogP contribution in [-0.4, -0.2) is 23.9 Å². The van der Waals surface area contributed by atoms with E-state index in [1.165, 1.54) is 0 Å². The molecule has 0 saturated carbocycles. The summed E-state index contributed by atoms with van der Waals surface area (Å²) in [5.41, 5.74) is -0.102. The van der Waals surface area contributed by atoms with Crippen molar-refractivity contribution in [1.29, 1.82) is 0 Å². The van der Waals surface area contributed by atoms with E-state index < -0.39 is 0 Å². The number of aliphatic hydroxyl groups excluding tert-OH is 1. The Labute approximate surface area is 49.5 Å². The van der Waals surface area contributed by atoms with Gasteiger partial charge in [0.15, 0.2) is 0 Å². The van der Waals surface area contributed by atoms with Crippen LogP contribution in [0.25, 0.3) is 0 Å². The highest BCUT2D eigenvalue weighted by molar-refractivity contribution is 4.90. The van der Waals surface area contributed by atoms with Gasteiger partial charge in [0.2, 0.25) is 0 Å². The number of rotatable bonds is 3. The summed E-state index contributed by atoms with van der Waals surface area (Å²) < 4.78 is 5.04. The van der Waals surface area contributed by atoms with Gasteiger partial charge < -0.3 is 9.84 Å². The van der Waals surface area contributed by atoms with Crippen molar-refractivity contribution in [2.45, 2.75) is 25.4 Å². The third-order valence-corrected chi connectivity index (χ3v) is 1.55. The predicted molar refractivity (Wildman–Crippen MR) is 30.7 cm³/mol. The first-order chi connectivity index (χ1) is 3.83. The molecule has 8 heavy (non-hydrogen) atoms. The zero-order valence-electron chi connectivity index (χ0n) is 5.18. The molecule has 0 aromatic rings. The highest BCUT2D eigenvalue weighted by Crippen LogP contribution is 2.30. The van der Waals surface area contributed by atoms with E-state index >= 15 is 0 Å². The second kappa shape index (κ2) is 2.03. The molecule has 0 bridgehead atoms.